The fourth-order valence-electron chi connectivity index (χ4n) is 2.39. The number of fused-ring (bicyclic) bond motifs is 1. The maximum absolute atomic E-state index is 12.8. The lowest BCUT2D eigenvalue weighted by Gasteiger charge is -2.36. The van der Waals surface area contributed by atoms with Gasteiger partial charge in [-0.05, 0) is 11.1 Å². The smallest absolute Gasteiger partial charge is 0.373 e. The van der Waals surface area contributed by atoms with Crippen molar-refractivity contribution in [2.24, 2.45) is 0 Å². The Morgan fingerprint density at radius 3 is 2.00 bits per heavy atom. The second kappa shape index (κ2) is 4.21. The Bertz CT molecular complexity index is 532. The molecule has 110 valence electrons. The Kier molecular flexibility index (Phi) is 3.12. The summed E-state index contributed by atoms with van der Waals surface area (Å²) in [4.78, 5) is 11.6. The molecule has 1 aliphatic rings. The molecule has 2 rings (SSSR count). The molecule has 1 aromatic carbocycles. The number of ketones is 1. The Balaban J connectivity index is 2.66. The molecule has 0 amide bonds. The van der Waals surface area contributed by atoms with Crippen LogP contribution in [0.15, 0.2) is 24.3 Å². The van der Waals surface area contributed by atoms with Crippen LogP contribution in [0.1, 0.15) is 17.0 Å². The number of aliphatic hydroxyl groups is 1. The van der Waals surface area contributed by atoms with Gasteiger partial charge in [-0.3, -0.25) is 4.79 Å². The maximum Gasteiger partial charge on any atom is 0.427 e. The number of hydrogen-bond donors (Lipinski definition) is 1. The van der Waals surface area contributed by atoms with Crippen LogP contribution in [0, 0.1) is 0 Å². The van der Waals surface area contributed by atoms with Gasteiger partial charge in [0.2, 0.25) is 0 Å². The SMILES string of the molecule is O=C1Cc2ccccc2C1C(O)(C(F)(F)F)C(F)(F)F. The Morgan fingerprint density at radius 2 is 1.50 bits per heavy atom. The first-order chi connectivity index (χ1) is 9.00. The van der Waals surface area contributed by atoms with E-state index >= 15 is 0 Å². The second-order valence-corrected chi connectivity index (χ2v) is 4.54. The molecule has 0 saturated heterocycles. The van der Waals surface area contributed by atoms with E-state index in [-0.39, 0.29) is 5.56 Å². The lowest BCUT2D eigenvalue weighted by atomic mass is 9.81. The predicted molar refractivity (Wildman–Crippen MR) is 55.0 cm³/mol. The topological polar surface area (TPSA) is 37.3 Å². The zero-order valence-electron chi connectivity index (χ0n) is 9.72. The van der Waals surface area contributed by atoms with Crippen LogP contribution < -0.4 is 0 Å². The molecular formula is C12H8F6O2. The molecule has 0 aliphatic heterocycles. The predicted octanol–water partition coefficient (Wildman–Crippen LogP) is 2.75. The van der Waals surface area contributed by atoms with Crippen LogP contribution in [0.4, 0.5) is 26.3 Å². The zero-order valence-corrected chi connectivity index (χ0v) is 9.72. The number of carbonyl (C=O) groups excluding carboxylic acids is 1. The molecule has 0 aromatic heterocycles. The maximum atomic E-state index is 12.8. The van der Waals surface area contributed by atoms with Gasteiger partial charge in [-0.2, -0.15) is 26.3 Å². The summed E-state index contributed by atoms with van der Waals surface area (Å²) in [5.41, 5.74) is -5.45. The van der Waals surface area contributed by atoms with Gasteiger partial charge in [-0.15, -0.1) is 0 Å². The molecule has 8 heteroatoms. The van der Waals surface area contributed by atoms with Crippen molar-refractivity contribution in [1.29, 1.82) is 0 Å². The molecule has 1 N–H and O–H groups in total. The number of Topliss-reactive ketones (excluding diaryl/α,β-unsaturated/α-hetero) is 1. The number of rotatable bonds is 1. The number of alkyl halides is 6. The van der Waals surface area contributed by atoms with Crippen LogP contribution in [-0.4, -0.2) is 28.8 Å². The Labute approximate surface area is 109 Å². The largest absolute Gasteiger partial charge is 0.427 e. The normalized spacial score (nSPS) is 20.1. The van der Waals surface area contributed by atoms with Gasteiger partial charge in [0.25, 0.3) is 5.60 Å². The molecule has 20 heavy (non-hydrogen) atoms. The van der Waals surface area contributed by atoms with E-state index < -0.39 is 41.6 Å². The number of carbonyl (C=O) groups is 1. The molecule has 1 aromatic rings. The van der Waals surface area contributed by atoms with E-state index in [1.54, 1.807) is 0 Å². The highest BCUT2D eigenvalue weighted by Gasteiger charge is 2.76. The van der Waals surface area contributed by atoms with E-state index in [0.717, 1.165) is 6.07 Å². The average molecular weight is 298 g/mol. The van der Waals surface area contributed by atoms with Crippen molar-refractivity contribution in [3.8, 4) is 0 Å². The van der Waals surface area contributed by atoms with Crippen molar-refractivity contribution in [3.63, 3.8) is 0 Å². The fraction of sp³-hybridized carbons (Fsp3) is 0.417. The first-order valence-corrected chi connectivity index (χ1v) is 5.46. The van der Waals surface area contributed by atoms with Crippen LogP contribution in [0.2, 0.25) is 0 Å². The number of halogens is 6. The minimum Gasteiger partial charge on any atom is -0.373 e. The first-order valence-electron chi connectivity index (χ1n) is 5.46. The molecule has 0 spiro atoms. The van der Waals surface area contributed by atoms with Gasteiger partial charge in [-0.1, -0.05) is 24.3 Å². The molecule has 1 aliphatic carbocycles. The third-order valence-electron chi connectivity index (χ3n) is 3.33. The molecule has 0 bridgehead atoms. The third kappa shape index (κ3) is 1.90. The minimum absolute atomic E-state index is 0.0643. The van der Waals surface area contributed by atoms with Gasteiger partial charge in [0.05, 0.1) is 5.92 Å². The lowest BCUT2D eigenvalue weighted by Crippen LogP contribution is -2.61. The summed E-state index contributed by atoms with van der Waals surface area (Å²) in [7, 11) is 0. The third-order valence-corrected chi connectivity index (χ3v) is 3.33. The van der Waals surface area contributed by atoms with Gasteiger partial charge in [0, 0.05) is 6.42 Å². The molecular weight excluding hydrogens is 290 g/mol. The Morgan fingerprint density at radius 1 is 1.00 bits per heavy atom. The van der Waals surface area contributed by atoms with Gasteiger partial charge in [0.1, 0.15) is 5.78 Å². The fourth-order valence-corrected chi connectivity index (χ4v) is 2.39. The van der Waals surface area contributed by atoms with E-state index in [0.29, 0.717) is 0 Å². The second-order valence-electron chi connectivity index (χ2n) is 4.54. The molecule has 0 saturated carbocycles. The van der Waals surface area contributed by atoms with Gasteiger partial charge >= 0.3 is 12.4 Å². The van der Waals surface area contributed by atoms with Crippen molar-refractivity contribution in [2.75, 3.05) is 0 Å². The van der Waals surface area contributed by atoms with Gasteiger partial charge in [-0.25, -0.2) is 0 Å². The summed E-state index contributed by atoms with van der Waals surface area (Å²) >= 11 is 0. The molecule has 2 nitrogen and oxygen atoms in total. The quantitative estimate of drug-likeness (QED) is 0.810. The van der Waals surface area contributed by atoms with Crippen molar-refractivity contribution >= 4 is 5.78 Å². The average Bonchev–Trinajstić information content (AvgIpc) is 2.61. The zero-order chi connectivity index (χ0) is 15.3. The summed E-state index contributed by atoms with van der Waals surface area (Å²) in [6.07, 6.45) is -12.6. The standard InChI is InChI=1S/C12H8F6O2/c13-11(14,15)10(20,12(16,17)18)9-7-4-2-1-3-6(7)5-8(9)19/h1-4,9,20H,5H2. The molecule has 0 heterocycles. The minimum atomic E-state index is -6.01. The highest BCUT2D eigenvalue weighted by atomic mass is 19.4. The van der Waals surface area contributed by atoms with E-state index in [4.69, 9.17) is 0 Å². The molecule has 1 atom stereocenters. The van der Waals surface area contributed by atoms with Crippen molar-refractivity contribution in [3.05, 3.63) is 35.4 Å². The van der Waals surface area contributed by atoms with Gasteiger partial charge in [0.15, 0.2) is 0 Å². The summed E-state index contributed by atoms with van der Waals surface area (Å²) < 4.78 is 76.8. The van der Waals surface area contributed by atoms with E-state index in [1.165, 1.54) is 18.2 Å². The number of benzene rings is 1. The van der Waals surface area contributed by atoms with Crippen molar-refractivity contribution in [2.45, 2.75) is 30.3 Å². The van der Waals surface area contributed by atoms with E-state index in [2.05, 4.69) is 0 Å². The highest BCUT2D eigenvalue weighted by Crippen LogP contribution is 2.53. The molecule has 0 fully saturated rings. The van der Waals surface area contributed by atoms with Crippen LogP contribution >= 0.6 is 0 Å². The number of hydrogen-bond acceptors (Lipinski definition) is 2. The van der Waals surface area contributed by atoms with Crippen LogP contribution in [0.5, 0.6) is 0 Å². The highest BCUT2D eigenvalue weighted by molar-refractivity contribution is 5.94. The van der Waals surface area contributed by atoms with Crippen molar-refractivity contribution < 1.29 is 36.2 Å². The van der Waals surface area contributed by atoms with Gasteiger partial charge < -0.3 is 5.11 Å². The van der Waals surface area contributed by atoms with Crippen molar-refractivity contribution in [1.82, 2.24) is 0 Å². The molecule has 0 radical (unpaired) electrons. The van der Waals surface area contributed by atoms with Crippen LogP contribution in [0.3, 0.4) is 0 Å². The van der Waals surface area contributed by atoms with Crippen LogP contribution in [0.25, 0.3) is 0 Å². The summed E-state index contributed by atoms with van der Waals surface area (Å²) in [6.45, 7) is 0. The Hall–Kier alpha value is -1.57. The van der Waals surface area contributed by atoms with E-state index in [9.17, 15) is 36.2 Å². The molecule has 1 unspecified atom stereocenters. The summed E-state index contributed by atoms with van der Waals surface area (Å²) in [5, 5.41) is 9.33. The first kappa shape index (κ1) is 14.8. The van der Waals surface area contributed by atoms with Crippen LogP contribution in [-0.2, 0) is 11.2 Å². The summed E-state index contributed by atoms with van der Waals surface area (Å²) in [6, 6.07) is 4.88. The van der Waals surface area contributed by atoms with E-state index in [1.807, 2.05) is 0 Å². The monoisotopic (exact) mass is 298 g/mol. The lowest BCUT2D eigenvalue weighted by molar-refractivity contribution is -0.372. The summed E-state index contributed by atoms with van der Waals surface area (Å²) in [5.74, 6) is -3.98.